The lowest BCUT2D eigenvalue weighted by Crippen LogP contribution is -2.41. The molecule has 0 radical (unpaired) electrons. The fourth-order valence-corrected chi connectivity index (χ4v) is 5.91. The molecule has 2 aliphatic carbocycles. The number of carbonyl (C=O) groups excluding carboxylic acids is 1. The van der Waals surface area contributed by atoms with Crippen LogP contribution in [0.5, 0.6) is 0 Å². The number of benzene rings is 1. The van der Waals surface area contributed by atoms with Crippen molar-refractivity contribution in [2.75, 3.05) is 31.1 Å². The van der Waals surface area contributed by atoms with Gasteiger partial charge in [0.1, 0.15) is 0 Å². The van der Waals surface area contributed by atoms with E-state index in [0.717, 1.165) is 76.3 Å². The van der Waals surface area contributed by atoms with Gasteiger partial charge >= 0.3 is 12.0 Å². The molecule has 1 aromatic rings. The second-order valence-electron chi connectivity index (χ2n) is 9.95. The summed E-state index contributed by atoms with van der Waals surface area (Å²) in [6.45, 7) is 3.88. The summed E-state index contributed by atoms with van der Waals surface area (Å²) in [6, 6.07) is 7.96. The lowest BCUT2D eigenvalue weighted by molar-refractivity contribution is -0.137. The number of rotatable bonds is 6. The SMILES string of the molecule is O=C(O)CCC1CCC(N2CCN(c3ccc4c(c3)CCN(C3CC3)CC4)C2=O)CC1. The number of carboxylic acids is 1. The summed E-state index contributed by atoms with van der Waals surface area (Å²) in [5, 5.41) is 8.91. The van der Waals surface area contributed by atoms with Gasteiger partial charge in [0.2, 0.25) is 0 Å². The molecule has 0 aromatic heterocycles. The molecule has 168 valence electrons. The number of fused-ring (bicyclic) bond motifs is 1. The fraction of sp³-hybridized carbons (Fsp3) is 0.680. The normalized spacial score (nSPS) is 27.3. The van der Waals surface area contributed by atoms with Crippen LogP contribution in [0.3, 0.4) is 0 Å². The van der Waals surface area contributed by atoms with Gasteiger partial charge in [-0.05, 0) is 87.0 Å². The number of carbonyl (C=O) groups is 2. The van der Waals surface area contributed by atoms with Crippen LogP contribution in [-0.2, 0) is 17.6 Å². The molecule has 0 bridgehead atoms. The summed E-state index contributed by atoms with van der Waals surface area (Å²) >= 11 is 0. The van der Waals surface area contributed by atoms with Crippen LogP contribution in [0.15, 0.2) is 18.2 Å². The highest BCUT2D eigenvalue weighted by molar-refractivity contribution is 5.94. The summed E-state index contributed by atoms with van der Waals surface area (Å²) in [6.07, 6.45) is 10.1. The average molecular weight is 426 g/mol. The van der Waals surface area contributed by atoms with Crippen molar-refractivity contribution in [3.05, 3.63) is 29.3 Å². The fourth-order valence-electron chi connectivity index (χ4n) is 5.91. The number of anilines is 1. The Balaban J connectivity index is 1.19. The van der Waals surface area contributed by atoms with Crippen LogP contribution < -0.4 is 4.90 Å². The van der Waals surface area contributed by atoms with E-state index >= 15 is 0 Å². The zero-order chi connectivity index (χ0) is 21.4. The van der Waals surface area contributed by atoms with Crippen molar-refractivity contribution < 1.29 is 14.7 Å². The van der Waals surface area contributed by atoms with Crippen molar-refractivity contribution in [1.82, 2.24) is 9.80 Å². The minimum Gasteiger partial charge on any atom is -0.481 e. The maximum absolute atomic E-state index is 13.3. The highest BCUT2D eigenvalue weighted by Crippen LogP contribution is 2.34. The predicted molar refractivity (Wildman–Crippen MR) is 121 cm³/mol. The maximum Gasteiger partial charge on any atom is 0.324 e. The van der Waals surface area contributed by atoms with Gasteiger partial charge in [-0.25, -0.2) is 4.79 Å². The third-order valence-corrected chi connectivity index (χ3v) is 7.97. The number of hydrogen-bond donors (Lipinski definition) is 1. The third-order valence-electron chi connectivity index (χ3n) is 7.97. The Labute approximate surface area is 185 Å². The first-order chi connectivity index (χ1) is 15.1. The number of amides is 2. The maximum atomic E-state index is 13.3. The van der Waals surface area contributed by atoms with Crippen LogP contribution in [-0.4, -0.2) is 65.2 Å². The number of urea groups is 1. The molecule has 0 unspecified atom stereocenters. The third kappa shape index (κ3) is 4.59. The zero-order valence-corrected chi connectivity index (χ0v) is 18.5. The molecule has 2 saturated carbocycles. The van der Waals surface area contributed by atoms with Crippen molar-refractivity contribution in [3.8, 4) is 0 Å². The van der Waals surface area contributed by atoms with E-state index in [4.69, 9.17) is 5.11 Å². The standard InChI is InChI=1S/C25H35N3O3/c29-24(30)10-3-18-1-5-22(6-2-18)27-15-16-28(25(27)31)23-7-4-19-11-13-26(21-8-9-21)14-12-20(19)17-23/h4,7,17-18,21-22H,1-3,5-6,8-16H2,(H,29,30). The topological polar surface area (TPSA) is 64.1 Å². The van der Waals surface area contributed by atoms with E-state index < -0.39 is 5.97 Å². The molecule has 6 nitrogen and oxygen atoms in total. The van der Waals surface area contributed by atoms with E-state index in [0.29, 0.717) is 12.0 Å². The minimum atomic E-state index is -0.700. The Morgan fingerprint density at radius 2 is 1.61 bits per heavy atom. The van der Waals surface area contributed by atoms with E-state index in [2.05, 4.69) is 28.0 Å². The molecule has 1 aromatic carbocycles. The largest absolute Gasteiger partial charge is 0.481 e. The Hall–Kier alpha value is -2.08. The smallest absolute Gasteiger partial charge is 0.324 e. The van der Waals surface area contributed by atoms with Crippen molar-refractivity contribution in [2.45, 2.75) is 76.3 Å². The molecule has 1 saturated heterocycles. The van der Waals surface area contributed by atoms with Crippen LogP contribution in [0, 0.1) is 5.92 Å². The molecule has 2 heterocycles. The van der Waals surface area contributed by atoms with E-state index in [1.165, 1.54) is 30.5 Å². The van der Waals surface area contributed by atoms with Gasteiger partial charge in [0.25, 0.3) is 0 Å². The van der Waals surface area contributed by atoms with Gasteiger partial charge < -0.3 is 10.0 Å². The minimum absolute atomic E-state index is 0.155. The Kier molecular flexibility index (Phi) is 5.91. The molecule has 0 atom stereocenters. The van der Waals surface area contributed by atoms with E-state index in [1.807, 2.05) is 4.90 Å². The summed E-state index contributed by atoms with van der Waals surface area (Å²) in [4.78, 5) is 30.8. The quantitative estimate of drug-likeness (QED) is 0.750. The highest BCUT2D eigenvalue weighted by atomic mass is 16.4. The van der Waals surface area contributed by atoms with E-state index in [9.17, 15) is 9.59 Å². The van der Waals surface area contributed by atoms with Gasteiger partial charge in [0.05, 0.1) is 0 Å². The summed E-state index contributed by atoms with van der Waals surface area (Å²) < 4.78 is 0. The summed E-state index contributed by atoms with van der Waals surface area (Å²) in [7, 11) is 0. The van der Waals surface area contributed by atoms with Crippen LogP contribution in [0.2, 0.25) is 0 Å². The molecular weight excluding hydrogens is 390 g/mol. The van der Waals surface area contributed by atoms with E-state index in [1.54, 1.807) is 0 Å². The molecular formula is C25H35N3O3. The first-order valence-electron chi connectivity index (χ1n) is 12.2. The lowest BCUT2D eigenvalue weighted by atomic mass is 9.83. The Morgan fingerprint density at radius 3 is 2.32 bits per heavy atom. The van der Waals surface area contributed by atoms with Crippen LogP contribution in [0.1, 0.15) is 62.5 Å². The summed E-state index contributed by atoms with van der Waals surface area (Å²) in [5.74, 6) is -0.200. The predicted octanol–water partition coefficient (Wildman–Crippen LogP) is 3.92. The van der Waals surface area contributed by atoms with Gasteiger partial charge in [-0.3, -0.25) is 14.6 Å². The van der Waals surface area contributed by atoms with Crippen LogP contribution >= 0.6 is 0 Å². The van der Waals surface area contributed by atoms with Crippen molar-refractivity contribution >= 4 is 17.7 Å². The van der Waals surface area contributed by atoms with E-state index in [-0.39, 0.29) is 12.5 Å². The second kappa shape index (κ2) is 8.81. The first-order valence-corrected chi connectivity index (χ1v) is 12.2. The van der Waals surface area contributed by atoms with Crippen molar-refractivity contribution in [2.24, 2.45) is 5.92 Å². The molecule has 5 rings (SSSR count). The van der Waals surface area contributed by atoms with Crippen molar-refractivity contribution in [1.29, 1.82) is 0 Å². The Bertz CT molecular complexity index is 829. The molecule has 4 aliphatic rings. The molecule has 3 fully saturated rings. The molecule has 2 amide bonds. The molecule has 0 spiro atoms. The number of aliphatic carboxylic acids is 1. The van der Waals surface area contributed by atoms with Gasteiger partial charge in [-0.15, -0.1) is 0 Å². The monoisotopic (exact) mass is 425 g/mol. The number of nitrogens with zero attached hydrogens (tertiary/aromatic N) is 3. The molecule has 2 aliphatic heterocycles. The zero-order valence-electron chi connectivity index (χ0n) is 18.5. The van der Waals surface area contributed by atoms with Gasteiger partial charge in [0.15, 0.2) is 0 Å². The van der Waals surface area contributed by atoms with Crippen LogP contribution in [0.25, 0.3) is 0 Å². The van der Waals surface area contributed by atoms with Crippen LogP contribution in [0.4, 0.5) is 10.5 Å². The van der Waals surface area contributed by atoms with Crippen molar-refractivity contribution in [3.63, 3.8) is 0 Å². The average Bonchev–Trinajstić information content (AvgIpc) is 3.57. The van der Waals surface area contributed by atoms with Gasteiger partial charge in [-0.2, -0.15) is 0 Å². The highest BCUT2D eigenvalue weighted by Gasteiger charge is 2.37. The number of hydrogen-bond acceptors (Lipinski definition) is 3. The lowest BCUT2D eigenvalue weighted by Gasteiger charge is -2.34. The summed E-state index contributed by atoms with van der Waals surface area (Å²) in [5.41, 5.74) is 3.93. The second-order valence-corrected chi connectivity index (χ2v) is 9.95. The Morgan fingerprint density at radius 1 is 0.903 bits per heavy atom. The molecule has 6 heteroatoms. The first kappa shape index (κ1) is 20.8. The number of carboxylic acid groups (broad SMARTS) is 1. The molecule has 31 heavy (non-hydrogen) atoms. The van der Waals surface area contributed by atoms with Gasteiger partial charge in [0, 0.05) is 50.4 Å². The van der Waals surface area contributed by atoms with Gasteiger partial charge in [-0.1, -0.05) is 6.07 Å². The molecule has 1 N–H and O–H groups in total.